The molecule has 0 fully saturated rings. The van der Waals surface area contributed by atoms with E-state index in [4.69, 9.17) is 5.73 Å². The van der Waals surface area contributed by atoms with E-state index in [9.17, 15) is 48.3 Å². The predicted molar refractivity (Wildman–Crippen MR) is 257 cm³/mol. The summed E-state index contributed by atoms with van der Waals surface area (Å²) in [4.78, 5) is 120. The Hall–Kier alpha value is -6.21. The Morgan fingerprint density at radius 3 is 1.47 bits per heavy atom. The van der Waals surface area contributed by atoms with E-state index >= 15 is 0 Å². The number of carbonyl (C=O) groups excluding carboxylic acids is 9. The number of nitrogens with two attached hydrogens (primary N) is 1. The third-order valence-electron chi connectivity index (χ3n) is 11.1. The highest BCUT2D eigenvalue weighted by Crippen LogP contribution is 2.13. The molecule has 11 N–H and O–H groups in total. The van der Waals surface area contributed by atoms with E-state index in [1.165, 1.54) is 6.92 Å². The van der Waals surface area contributed by atoms with Gasteiger partial charge in [-0.1, -0.05) is 122 Å². The molecule has 0 bridgehead atoms. The van der Waals surface area contributed by atoms with Crippen molar-refractivity contribution < 1.29 is 48.3 Å². The maximum absolute atomic E-state index is 14.2. The summed E-state index contributed by atoms with van der Waals surface area (Å²) in [6, 6.07) is 9.32. The van der Waals surface area contributed by atoms with Crippen molar-refractivity contribution >= 4 is 53.5 Å². The van der Waals surface area contributed by atoms with Gasteiger partial charge >= 0.3 is 0 Å². The van der Waals surface area contributed by atoms with Crippen molar-refractivity contribution in [1.29, 1.82) is 0 Å². The van der Waals surface area contributed by atoms with Crippen LogP contribution < -0.4 is 48.3 Å². The summed E-state index contributed by atoms with van der Waals surface area (Å²) in [5.41, 5.74) is 6.78. The Kier molecular flexibility index (Phi) is 25.1. The second-order valence-corrected chi connectivity index (χ2v) is 18.4. The lowest BCUT2D eigenvalue weighted by molar-refractivity contribution is -0.136. The van der Waals surface area contributed by atoms with Crippen molar-refractivity contribution in [2.24, 2.45) is 29.4 Å². The molecular formula is C49H75N9O10. The van der Waals surface area contributed by atoms with Gasteiger partial charge in [0.15, 0.2) is 0 Å². The fraction of sp³-hybridized carbons (Fsp3) is 0.571. The summed E-state index contributed by atoms with van der Waals surface area (Å²) in [5.74, 6) is -6.48. The quantitative estimate of drug-likeness (QED) is 0.0496. The van der Waals surface area contributed by atoms with Gasteiger partial charge in [0.05, 0.1) is 25.2 Å². The molecule has 0 aliphatic heterocycles. The van der Waals surface area contributed by atoms with E-state index < -0.39 is 108 Å². The summed E-state index contributed by atoms with van der Waals surface area (Å²) >= 11 is 0. The molecule has 68 heavy (non-hydrogen) atoms. The predicted octanol–water partition coefficient (Wildman–Crippen LogP) is 0.314. The Morgan fingerprint density at radius 2 is 1.01 bits per heavy atom. The van der Waals surface area contributed by atoms with Gasteiger partial charge in [0.25, 0.3) is 0 Å². The molecule has 2 aromatic carbocycles. The standard InChI is InChI=1S/C49H75N9O10/c1-10-31(8)42(56-39(61)25-50)48(67)54-36(22-29(4)5)44(63)51-26-40(62)53-37(23-33-17-13-11-14-18-33)45(64)57-41(30(6)7)47(66)55-38(24-34-19-15-12-16-20-34)46(65)58-43(32(9)60)49(68)52-35(27-59)21-28(2)3/h11-20,27-32,35-38,41-43,60H,10,21-26,50H2,1-9H3,(H,51,63)(H,52,68)(H,53,62)(H,54,67)(H,55,66)(H,56,61)(H,57,64)(H,58,65)/t31-,32+,35-,36-,37-,38-,41-,42-,43-/m0/s1. The van der Waals surface area contributed by atoms with Crippen molar-refractivity contribution in [3.8, 4) is 0 Å². The number of carbonyl (C=O) groups is 9. The van der Waals surface area contributed by atoms with Gasteiger partial charge < -0.3 is 58.2 Å². The Balaban J connectivity index is 2.34. The molecule has 0 aliphatic carbocycles. The molecule has 19 heteroatoms. The summed E-state index contributed by atoms with van der Waals surface area (Å²) in [7, 11) is 0. The molecule has 2 aromatic rings. The smallest absolute Gasteiger partial charge is 0.245 e. The molecule has 0 unspecified atom stereocenters. The van der Waals surface area contributed by atoms with E-state index in [-0.39, 0.29) is 43.6 Å². The van der Waals surface area contributed by atoms with E-state index in [2.05, 4.69) is 42.5 Å². The van der Waals surface area contributed by atoms with Gasteiger partial charge in [-0.2, -0.15) is 0 Å². The fourth-order valence-electron chi connectivity index (χ4n) is 7.19. The first-order chi connectivity index (χ1) is 32.1. The lowest BCUT2D eigenvalue weighted by atomic mass is 9.96. The molecule has 0 aliphatic rings. The highest BCUT2D eigenvalue weighted by molar-refractivity contribution is 5.97. The third-order valence-corrected chi connectivity index (χ3v) is 11.1. The van der Waals surface area contributed by atoms with E-state index in [1.54, 1.807) is 81.4 Å². The first-order valence-corrected chi connectivity index (χ1v) is 23.4. The van der Waals surface area contributed by atoms with Crippen LogP contribution in [0, 0.1) is 23.7 Å². The largest absolute Gasteiger partial charge is 0.391 e. The number of aliphatic hydroxyl groups excluding tert-OH is 1. The van der Waals surface area contributed by atoms with Gasteiger partial charge in [0.2, 0.25) is 47.3 Å². The maximum atomic E-state index is 14.2. The van der Waals surface area contributed by atoms with Crippen LogP contribution >= 0.6 is 0 Å². The zero-order valence-corrected chi connectivity index (χ0v) is 40.9. The van der Waals surface area contributed by atoms with Crippen molar-refractivity contribution in [3.63, 3.8) is 0 Å². The Labute approximate surface area is 400 Å². The number of aliphatic hydroxyl groups is 1. The Bertz CT molecular complexity index is 1970. The van der Waals surface area contributed by atoms with Gasteiger partial charge in [-0.15, -0.1) is 0 Å². The SMILES string of the molecule is CC[C@H](C)[C@H](NC(=O)CN)C(=O)N[C@@H](CC(C)C)C(=O)NCC(=O)N[C@@H](Cc1ccccc1)C(=O)N[C@H](C(=O)N[C@@H](Cc1ccccc1)C(=O)N[C@H](C(=O)N[C@H](C=O)CC(C)C)[C@@H](C)O)C(C)C. The molecule has 8 amide bonds. The number of nitrogens with one attached hydrogen (secondary N) is 8. The first-order valence-electron chi connectivity index (χ1n) is 23.4. The van der Waals surface area contributed by atoms with Gasteiger partial charge in [-0.25, -0.2) is 0 Å². The van der Waals surface area contributed by atoms with E-state index in [0.717, 1.165) is 0 Å². The first kappa shape index (κ1) is 57.9. The fourth-order valence-corrected chi connectivity index (χ4v) is 7.19. The highest BCUT2D eigenvalue weighted by Gasteiger charge is 2.35. The lowest BCUT2D eigenvalue weighted by Crippen LogP contribution is -2.61. The van der Waals surface area contributed by atoms with Crippen LogP contribution in [0.4, 0.5) is 0 Å². The molecule has 0 heterocycles. The monoisotopic (exact) mass is 950 g/mol. The molecule has 9 atom stereocenters. The summed E-state index contributed by atoms with van der Waals surface area (Å²) < 4.78 is 0. The van der Waals surface area contributed by atoms with Gasteiger partial charge in [0.1, 0.15) is 42.5 Å². The maximum Gasteiger partial charge on any atom is 0.245 e. The summed E-state index contributed by atoms with van der Waals surface area (Å²) in [6.45, 7) is 14.8. The minimum atomic E-state index is -1.49. The number of rotatable bonds is 29. The average molecular weight is 950 g/mol. The van der Waals surface area contributed by atoms with Crippen molar-refractivity contribution in [2.75, 3.05) is 13.1 Å². The topological polar surface area (TPSA) is 296 Å². The molecule has 0 saturated carbocycles. The summed E-state index contributed by atoms with van der Waals surface area (Å²) in [5, 5.41) is 31.6. The van der Waals surface area contributed by atoms with Gasteiger partial charge in [0, 0.05) is 12.8 Å². The van der Waals surface area contributed by atoms with Crippen LogP contribution in [0.25, 0.3) is 0 Å². The molecule has 0 radical (unpaired) electrons. The molecule has 0 spiro atoms. The van der Waals surface area contributed by atoms with Crippen LogP contribution in [0.15, 0.2) is 60.7 Å². The van der Waals surface area contributed by atoms with E-state index in [0.29, 0.717) is 30.3 Å². The second kappa shape index (κ2) is 29.5. The molecule has 376 valence electrons. The van der Waals surface area contributed by atoms with E-state index in [1.807, 2.05) is 34.6 Å². The van der Waals surface area contributed by atoms with Gasteiger partial charge in [-0.05, 0) is 54.6 Å². The van der Waals surface area contributed by atoms with Crippen molar-refractivity contribution in [2.45, 2.75) is 143 Å². The van der Waals surface area contributed by atoms with Crippen LogP contribution in [-0.4, -0.2) is 120 Å². The third kappa shape index (κ3) is 20.3. The second-order valence-electron chi connectivity index (χ2n) is 18.4. The zero-order chi connectivity index (χ0) is 51.1. The normalized spacial score (nSPS) is 15.2. The van der Waals surface area contributed by atoms with Crippen LogP contribution in [0.2, 0.25) is 0 Å². The van der Waals surface area contributed by atoms with Crippen molar-refractivity contribution in [1.82, 2.24) is 42.5 Å². The number of hydrogen-bond acceptors (Lipinski definition) is 11. The van der Waals surface area contributed by atoms with Gasteiger partial charge in [-0.3, -0.25) is 38.4 Å². The minimum absolute atomic E-state index is 0.0136. The minimum Gasteiger partial charge on any atom is -0.391 e. The molecule has 2 rings (SSSR count). The molecular weight excluding hydrogens is 875 g/mol. The highest BCUT2D eigenvalue weighted by atomic mass is 16.3. The number of amides is 8. The van der Waals surface area contributed by atoms with Crippen LogP contribution in [0.3, 0.4) is 0 Å². The zero-order valence-electron chi connectivity index (χ0n) is 40.9. The lowest BCUT2D eigenvalue weighted by Gasteiger charge is -2.29. The number of hydrogen-bond donors (Lipinski definition) is 10. The number of benzene rings is 2. The van der Waals surface area contributed by atoms with Crippen LogP contribution in [0.1, 0.15) is 92.7 Å². The van der Waals surface area contributed by atoms with Crippen molar-refractivity contribution in [3.05, 3.63) is 71.8 Å². The van der Waals surface area contributed by atoms with Crippen LogP contribution in [0.5, 0.6) is 0 Å². The molecule has 0 aromatic heterocycles. The molecule has 19 nitrogen and oxygen atoms in total. The average Bonchev–Trinajstić information content (AvgIpc) is 3.29. The Morgan fingerprint density at radius 1 is 0.544 bits per heavy atom. The summed E-state index contributed by atoms with van der Waals surface area (Å²) in [6.07, 6.45) is 0.221. The molecule has 0 saturated heterocycles. The van der Waals surface area contributed by atoms with Crippen LogP contribution in [-0.2, 0) is 56.0 Å². The number of aldehydes is 1.